The quantitative estimate of drug-likeness (QED) is 0.175. The first-order chi connectivity index (χ1) is 21.3. The lowest BCUT2D eigenvalue weighted by Crippen LogP contribution is -2.68. The van der Waals surface area contributed by atoms with Gasteiger partial charge in [0, 0.05) is 34.6 Å². The zero-order chi connectivity index (χ0) is 33.1. The molecule has 2 aromatic rings. The number of carbonyl (C=O) groups is 5. The summed E-state index contributed by atoms with van der Waals surface area (Å²) in [6, 6.07) is 17.2. The number of phosphoric acid groups is 1. The highest BCUT2D eigenvalue weighted by molar-refractivity contribution is 7.48. The van der Waals surface area contributed by atoms with Gasteiger partial charge in [-0.3, -0.25) is 37.5 Å². The minimum atomic E-state index is -4.72. The first-order valence-corrected chi connectivity index (χ1v) is 15.3. The van der Waals surface area contributed by atoms with Crippen molar-refractivity contribution >= 4 is 37.7 Å². The predicted octanol–water partition coefficient (Wildman–Crippen LogP) is 3.59. The summed E-state index contributed by atoms with van der Waals surface area (Å²) in [5, 5.41) is 0. The number of esters is 5. The van der Waals surface area contributed by atoms with Crippen LogP contribution in [0.3, 0.4) is 0 Å². The fraction of sp³-hybridized carbons (Fsp3) is 0.433. The Labute approximate surface area is 259 Å². The van der Waals surface area contributed by atoms with E-state index in [1.165, 1.54) is 0 Å². The summed E-state index contributed by atoms with van der Waals surface area (Å²) in [5.41, 5.74) is 1.18. The zero-order valence-corrected chi connectivity index (χ0v) is 26.2. The summed E-state index contributed by atoms with van der Waals surface area (Å²) in [6.45, 7) is 4.60. The number of carbonyl (C=O) groups excluding carboxylic acids is 5. The smallest absolute Gasteiger partial charge is 0.455 e. The molecule has 6 atom stereocenters. The van der Waals surface area contributed by atoms with Crippen molar-refractivity contribution in [3.8, 4) is 0 Å². The summed E-state index contributed by atoms with van der Waals surface area (Å²) in [7, 11) is -4.72. The summed E-state index contributed by atoms with van der Waals surface area (Å²) >= 11 is 0. The molecule has 1 fully saturated rings. The summed E-state index contributed by atoms with van der Waals surface area (Å²) < 4.78 is 58.8. The number of hydrogen-bond acceptors (Lipinski definition) is 14. The molecular weight excluding hydrogens is 615 g/mol. The molecule has 0 aliphatic heterocycles. The average Bonchev–Trinajstić information content (AvgIpc) is 2.96. The fourth-order valence-electron chi connectivity index (χ4n) is 4.57. The van der Waals surface area contributed by atoms with Crippen LogP contribution >= 0.6 is 7.82 Å². The van der Waals surface area contributed by atoms with Gasteiger partial charge in [-0.05, 0) is 11.1 Å². The molecule has 45 heavy (non-hydrogen) atoms. The van der Waals surface area contributed by atoms with E-state index in [1.54, 1.807) is 60.7 Å². The molecule has 2 unspecified atom stereocenters. The van der Waals surface area contributed by atoms with Crippen LogP contribution in [0.2, 0.25) is 0 Å². The van der Waals surface area contributed by atoms with E-state index in [0.717, 1.165) is 34.6 Å². The predicted molar refractivity (Wildman–Crippen MR) is 153 cm³/mol. The minimum Gasteiger partial charge on any atom is -0.455 e. The van der Waals surface area contributed by atoms with Gasteiger partial charge in [0.1, 0.15) is 0 Å². The van der Waals surface area contributed by atoms with Crippen molar-refractivity contribution in [1.29, 1.82) is 0 Å². The van der Waals surface area contributed by atoms with Gasteiger partial charge in [-0.2, -0.15) is 0 Å². The van der Waals surface area contributed by atoms with Crippen molar-refractivity contribution in [3.63, 3.8) is 0 Å². The normalized spacial score (nSPS) is 22.9. The van der Waals surface area contributed by atoms with Crippen molar-refractivity contribution in [2.24, 2.45) is 0 Å². The minimum absolute atomic E-state index is 0.271. The molecule has 15 heteroatoms. The highest BCUT2D eigenvalue weighted by Crippen LogP contribution is 2.54. The van der Waals surface area contributed by atoms with Crippen LogP contribution in [0.5, 0.6) is 0 Å². The number of hydrogen-bond donors (Lipinski definition) is 0. The summed E-state index contributed by atoms with van der Waals surface area (Å²) in [6.07, 6.45) is -10.4. The van der Waals surface area contributed by atoms with Gasteiger partial charge in [0.25, 0.3) is 0 Å². The number of phosphoric ester groups is 1. The number of ether oxygens (including phenoxy) is 5. The lowest BCUT2D eigenvalue weighted by Gasteiger charge is -2.47. The van der Waals surface area contributed by atoms with Gasteiger partial charge in [0.05, 0.1) is 13.2 Å². The molecule has 1 aliphatic carbocycles. The largest absolute Gasteiger partial charge is 0.475 e. The Balaban J connectivity index is 2.15. The van der Waals surface area contributed by atoms with Gasteiger partial charge in [0.15, 0.2) is 36.6 Å². The number of benzene rings is 2. The lowest BCUT2D eigenvalue weighted by molar-refractivity contribution is -0.253. The lowest BCUT2D eigenvalue weighted by atomic mass is 9.83. The van der Waals surface area contributed by atoms with Crippen molar-refractivity contribution in [2.45, 2.75) is 84.5 Å². The second-order valence-corrected chi connectivity index (χ2v) is 11.5. The first kappa shape index (κ1) is 35.4. The van der Waals surface area contributed by atoms with Gasteiger partial charge in [-0.15, -0.1) is 0 Å². The highest BCUT2D eigenvalue weighted by atomic mass is 31.2. The van der Waals surface area contributed by atoms with E-state index in [4.69, 9.17) is 37.3 Å². The van der Waals surface area contributed by atoms with E-state index in [9.17, 15) is 28.5 Å². The van der Waals surface area contributed by atoms with Crippen LogP contribution in [0.4, 0.5) is 0 Å². The van der Waals surface area contributed by atoms with Crippen molar-refractivity contribution in [3.05, 3.63) is 71.8 Å². The fourth-order valence-corrected chi connectivity index (χ4v) is 5.92. The molecule has 0 bridgehead atoms. The Morgan fingerprint density at radius 2 is 0.756 bits per heavy atom. The van der Waals surface area contributed by atoms with E-state index in [0.29, 0.717) is 11.1 Å². The molecule has 14 nitrogen and oxygen atoms in total. The molecular formula is C30H35O14P. The van der Waals surface area contributed by atoms with Gasteiger partial charge >= 0.3 is 37.7 Å². The zero-order valence-electron chi connectivity index (χ0n) is 25.3. The van der Waals surface area contributed by atoms with E-state index < -0.39 is 74.3 Å². The molecule has 0 saturated heterocycles. The van der Waals surface area contributed by atoms with Crippen LogP contribution in [-0.2, 0) is 79.0 Å². The summed E-state index contributed by atoms with van der Waals surface area (Å²) in [5.74, 6) is -4.58. The van der Waals surface area contributed by atoms with Crippen molar-refractivity contribution in [1.82, 2.24) is 0 Å². The third kappa shape index (κ3) is 10.8. The Kier molecular flexibility index (Phi) is 12.8. The Morgan fingerprint density at radius 3 is 1.02 bits per heavy atom. The SMILES string of the molecule is CC(=O)OC1[C@@H](OC(C)=O)[C@H](OC(C)=O)C(OP(=O)(OCc2ccccc2)OCc2ccccc2)[C@H](OC(C)=O)[C@@H]1OC(C)=O. The summed E-state index contributed by atoms with van der Waals surface area (Å²) in [4.78, 5) is 61.3. The van der Waals surface area contributed by atoms with E-state index in [1.807, 2.05) is 0 Å². The second kappa shape index (κ2) is 16.3. The molecule has 1 saturated carbocycles. The maximum Gasteiger partial charge on any atom is 0.475 e. The van der Waals surface area contributed by atoms with Crippen LogP contribution in [0, 0.1) is 0 Å². The maximum atomic E-state index is 14.4. The molecule has 0 N–H and O–H groups in total. The molecule has 0 spiro atoms. The van der Waals surface area contributed by atoms with E-state index in [2.05, 4.69) is 0 Å². The molecule has 0 heterocycles. The third-order valence-corrected chi connectivity index (χ3v) is 7.56. The van der Waals surface area contributed by atoms with Gasteiger partial charge in [0.2, 0.25) is 0 Å². The molecule has 0 aromatic heterocycles. The highest BCUT2D eigenvalue weighted by Gasteiger charge is 2.61. The second-order valence-electron chi connectivity index (χ2n) is 9.91. The maximum absolute atomic E-state index is 14.4. The Morgan fingerprint density at radius 1 is 0.489 bits per heavy atom. The standard InChI is InChI=1S/C30H35O14P/c1-18(31)39-25-26(40-19(2)32)28(42-21(4)34)30(29(43-22(5)35)27(25)41-20(3)33)44-45(36,37-16-23-12-8-6-9-13-23)38-17-24-14-10-7-11-15-24/h6-15,25-30H,16-17H2,1-5H3/t25?,26-,27-,28-,29+,30?/m1/s1. The van der Waals surface area contributed by atoms with Crippen LogP contribution in [-0.4, -0.2) is 66.5 Å². The van der Waals surface area contributed by atoms with Crippen LogP contribution in [0.1, 0.15) is 45.7 Å². The van der Waals surface area contributed by atoms with Crippen molar-refractivity contribution in [2.75, 3.05) is 0 Å². The van der Waals surface area contributed by atoms with Crippen molar-refractivity contribution < 1.29 is 65.8 Å². The molecule has 1 aliphatic rings. The first-order valence-electron chi connectivity index (χ1n) is 13.8. The van der Waals surface area contributed by atoms with Crippen LogP contribution in [0.25, 0.3) is 0 Å². The molecule has 3 rings (SSSR count). The Hall–Kier alpha value is -4.10. The molecule has 244 valence electrons. The van der Waals surface area contributed by atoms with E-state index >= 15 is 0 Å². The number of rotatable bonds is 13. The average molecular weight is 651 g/mol. The molecule has 2 aromatic carbocycles. The van der Waals surface area contributed by atoms with Gasteiger partial charge < -0.3 is 23.7 Å². The molecule has 0 amide bonds. The van der Waals surface area contributed by atoms with Crippen LogP contribution < -0.4 is 0 Å². The van der Waals surface area contributed by atoms with Gasteiger partial charge in [-0.1, -0.05) is 60.7 Å². The monoisotopic (exact) mass is 650 g/mol. The Bertz CT molecular complexity index is 1290. The van der Waals surface area contributed by atoms with E-state index in [-0.39, 0.29) is 13.2 Å². The molecule has 0 radical (unpaired) electrons. The third-order valence-electron chi connectivity index (χ3n) is 6.17. The topological polar surface area (TPSA) is 176 Å². The van der Waals surface area contributed by atoms with Crippen LogP contribution in [0.15, 0.2) is 60.7 Å². The van der Waals surface area contributed by atoms with Gasteiger partial charge in [-0.25, -0.2) is 4.57 Å².